The molecule has 1 spiro atoms. The second-order valence-corrected chi connectivity index (χ2v) is 7.21. The molecular formula is C18H18BrNO7. The van der Waals surface area contributed by atoms with Crippen LogP contribution in [0, 0.1) is 0 Å². The number of carbonyl (C=O) groups is 3. The minimum atomic E-state index is -1.25. The van der Waals surface area contributed by atoms with Crippen molar-refractivity contribution in [1.82, 2.24) is 5.32 Å². The number of ether oxygens (including phenoxy) is 2. The van der Waals surface area contributed by atoms with E-state index in [1.54, 1.807) is 12.1 Å². The zero-order valence-corrected chi connectivity index (χ0v) is 16.1. The van der Waals surface area contributed by atoms with Gasteiger partial charge in [-0.3, -0.25) is 14.4 Å². The Balaban J connectivity index is 2.19. The number of hydrogen-bond donors (Lipinski definition) is 3. The van der Waals surface area contributed by atoms with E-state index in [1.807, 2.05) is 0 Å². The summed E-state index contributed by atoms with van der Waals surface area (Å²) in [5, 5.41) is 21.6. The molecule has 0 saturated carbocycles. The van der Waals surface area contributed by atoms with Crippen molar-refractivity contribution in [3.8, 4) is 5.75 Å². The largest absolute Gasteiger partial charge is 0.506 e. The van der Waals surface area contributed by atoms with E-state index in [0.717, 1.165) is 0 Å². The first kappa shape index (κ1) is 19.4. The van der Waals surface area contributed by atoms with Gasteiger partial charge in [0.15, 0.2) is 5.78 Å². The number of nitrogens with one attached hydrogen (secondary N) is 1. The number of fused-ring (bicyclic) bond motifs is 2. The number of benzene rings is 1. The smallest absolute Gasteiger partial charge is 0.322 e. The monoisotopic (exact) mass is 439 g/mol. The molecule has 0 aromatic heterocycles. The predicted molar refractivity (Wildman–Crippen MR) is 97.6 cm³/mol. The molecule has 1 fully saturated rings. The summed E-state index contributed by atoms with van der Waals surface area (Å²) >= 11 is 3.40. The van der Waals surface area contributed by atoms with Crippen LogP contribution < -0.4 is 10.1 Å². The lowest BCUT2D eigenvalue weighted by Gasteiger charge is -2.40. The van der Waals surface area contributed by atoms with Crippen LogP contribution in [-0.2, 0) is 24.5 Å². The molecule has 144 valence electrons. The number of rotatable bonds is 4. The number of aliphatic hydroxyl groups excluding tert-OH is 1. The van der Waals surface area contributed by atoms with E-state index < -0.39 is 41.0 Å². The van der Waals surface area contributed by atoms with E-state index in [9.17, 15) is 19.5 Å². The fraction of sp³-hybridized carbons (Fsp3) is 0.389. The molecule has 1 aromatic rings. The Labute approximate surface area is 163 Å². The summed E-state index contributed by atoms with van der Waals surface area (Å²) in [4.78, 5) is 36.5. The third-order valence-electron chi connectivity index (χ3n) is 4.93. The molecule has 3 N–H and O–H groups in total. The molecule has 1 heterocycles. The molecule has 0 bridgehead atoms. The summed E-state index contributed by atoms with van der Waals surface area (Å²) in [7, 11) is 1.46. The van der Waals surface area contributed by atoms with E-state index in [-0.39, 0.29) is 0 Å². The van der Waals surface area contributed by atoms with Crippen LogP contribution in [0.3, 0.4) is 0 Å². The van der Waals surface area contributed by atoms with E-state index in [0.29, 0.717) is 47.4 Å². The van der Waals surface area contributed by atoms with E-state index in [4.69, 9.17) is 14.6 Å². The number of halogens is 1. The SMILES string of the molecule is COc1cc2c(cc1Br)C1(CCOCC1)C(=O)C(C(=O)NCC(=O)O)=C2O. The highest BCUT2D eigenvalue weighted by molar-refractivity contribution is 9.10. The number of carbonyl (C=O) groups excluding carboxylic acids is 2. The van der Waals surface area contributed by atoms with E-state index in [2.05, 4.69) is 21.2 Å². The lowest BCUT2D eigenvalue weighted by Crippen LogP contribution is -2.48. The third kappa shape index (κ3) is 3.21. The van der Waals surface area contributed by atoms with Crippen LogP contribution in [0.15, 0.2) is 22.2 Å². The standard InChI is InChI=1S/C18H18BrNO7/c1-26-12-6-9-10(7-11(12)19)18(2-4-27-5-3-18)16(24)14(15(9)23)17(25)20-8-13(21)22/h6-7,23H,2-5,8H2,1H3,(H,20,25)(H,21,22). The van der Waals surface area contributed by atoms with Crippen molar-refractivity contribution in [2.75, 3.05) is 26.9 Å². The average molecular weight is 440 g/mol. The number of carboxylic acid groups (broad SMARTS) is 1. The first-order valence-corrected chi connectivity index (χ1v) is 9.05. The number of hydrogen-bond acceptors (Lipinski definition) is 6. The van der Waals surface area contributed by atoms with Crippen LogP contribution in [-0.4, -0.2) is 54.7 Å². The van der Waals surface area contributed by atoms with Crippen molar-refractivity contribution in [1.29, 1.82) is 0 Å². The molecular weight excluding hydrogens is 422 g/mol. The summed E-state index contributed by atoms with van der Waals surface area (Å²) in [6.07, 6.45) is 0.696. The quantitative estimate of drug-likeness (QED) is 0.608. The first-order chi connectivity index (χ1) is 12.8. The van der Waals surface area contributed by atoms with Crippen molar-refractivity contribution in [2.24, 2.45) is 0 Å². The number of methoxy groups -OCH3 is 1. The molecule has 0 atom stereocenters. The molecule has 9 heteroatoms. The van der Waals surface area contributed by atoms with Gasteiger partial charge in [-0.05, 0) is 46.5 Å². The molecule has 8 nitrogen and oxygen atoms in total. The number of aliphatic carboxylic acids is 1. The summed E-state index contributed by atoms with van der Waals surface area (Å²) in [5.74, 6) is -2.75. The van der Waals surface area contributed by atoms with Gasteiger partial charge < -0.3 is 25.0 Å². The van der Waals surface area contributed by atoms with Crippen molar-refractivity contribution in [2.45, 2.75) is 18.3 Å². The lowest BCUT2D eigenvalue weighted by atomic mass is 9.64. The average Bonchev–Trinajstić information content (AvgIpc) is 2.65. The molecule has 0 unspecified atom stereocenters. The fourth-order valence-corrected chi connectivity index (χ4v) is 4.08. The Morgan fingerprint density at radius 2 is 2.00 bits per heavy atom. The molecule has 27 heavy (non-hydrogen) atoms. The van der Waals surface area contributed by atoms with Gasteiger partial charge in [0.2, 0.25) is 0 Å². The number of carboxylic acids is 1. The van der Waals surface area contributed by atoms with Gasteiger partial charge in [0.1, 0.15) is 23.6 Å². The van der Waals surface area contributed by atoms with E-state index >= 15 is 0 Å². The number of aliphatic hydroxyl groups is 1. The van der Waals surface area contributed by atoms with Crippen molar-refractivity contribution >= 4 is 39.3 Å². The number of ketones is 1. The summed E-state index contributed by atoms with van der Waals surface area (Å²) in [6, 6.07) is 3.28. The topological polar surface area (TPSA) is 122 Å². The van der Waals surface area contributed by atoms with Crippen LogP contribution in [0.4, 0.5) is 0 Å². The molecule has 1 saturated heterocycles. The molecule has 0 radical (unpaired) electrons. The maximum absolute atomic E-state index is 13.3. The Kier molecular flexibility index (Phi) is 5.25. The zero-order chi connectivity index (χ0) is 19.8. The molecule has 1 amide bonds. The van der Waals surface area contributed by atoms with Gasteiger partial charge in [0, 0.05) is 18.8 Å². The minimum absolute atomic E-state index is 0.317. The molecule has 1 aliphatic heterocycles. The van der Waals surface area contributed by atoms with Crippen molar-refractivity contribution in [3.63, 3.8) is 0 Å². The Morgan fingerprint density at radius 1 is 1.33 bits per heavy atom. The predicted octanol–water partition coefficient (Wildman–Crippen LogP) is 1.56. The van der Waals surface area contributed by atoms with Crippen molar-refractivity contribution in [3.05, 3.63) is 33.3 Å². The van der Waals surface area contributed by atoms with Gasteiger partial charge in [-0.25, -0.2) is 0 Å². The van der Waals surface area contributed by atoms with Gasteiger partial charge in [-0.1, -0.05) is 0 Å². The summed E-state index contributed by atoms with van der Waals surface area (Å²) < 4.78 is 11.3. The second kappa shape index (κ2) is 7.32. The Hall–Kier alpha value is -2.39. The van der Waals surface area contributed by atoms with Crippen LogP contribution >= 0.6 is 15.9 Å². The first-order valence-electron chi connectivity index (χ1n) is 8.26. The minimum Gasteiger partial charge on any atom is -0.506 e. The third-order valence-corrected chi connectivity index (χ3v) is 5.55. The van der Waals surface area contributed by atoms with Gasteiger partial charge in [-0.2, -0.15) is 0 Å². The van der Waals surface area contributed by atoms with Crippen LogP contribution in [0.2, 0.25) is 0 Å². The lowest BCUT2D eigenvalue weighted by molar-refractivity contribution is -0.138. The Bertz CT molecular complexity index is 856. The second-order valence-electron chi connectivity index (χ2n) is 6.36. The van der Waals surface area contributed by atoms with Gasteiger partial charge >= 0.3 is 5.97 Å². The number of Topliss-reactive ketones (excluding diaryl/α,β-unsaturated/α-hetero) is 1. The van der Waals surface area contributed by atoms with Gasteiger partial charge in [0.05, 0.1) is 17.0 Å². The normalized spacial score (nSPS) is 18.2. The maximum Gasteiger partial charge on any atom is 0.322 e. The van der Waals surface area contributed by atoms with E-state index in [1.165, 1.54) is 7.11 Å². The van der Waals surface area contributed by atoms with Crippen molar-refractivity contribution < 1.29 is 34.1 Å². The highest BCUT2D eigenvalue weighted by Gasteiger charge is 2.50. The fourth-order valence-electron chi connectivity index (χ4n) is 3.58. The highest BCUT2D eigenvalue weighted by atomic mass is 79.9. The van der Waals surface area contributed by atoms with Crippen LogP contribution in [0.5, 0.6) is 5.75 Å². The Morgan fingerprint density at radius 3 is 2.59 bits per heavy atom. The summed E-state index contributed by atoms with van der Waals surface area (Å²) in [5.41, 5.74) is -0.548. The molecule has 2 aliphatic rings. The highest BCUT2D eigenvalue weighted by Crippen LogP contribution is 2.48. The molecule has 1 aromatic carbocycles. The van der Waals surface area contributed by atoms with Gasteiger partial charge in [0.25, 0.3) is 5.91 Å². The summed E-state index contributed by atoms with van der Waals surface area (Å²) in [6.45, 7) is 0.00868. The maximum atomic E-state index is 13.3. The molecule has 1 aliphatic carbocycles. The molecule has 3 rings (SSSR count). The van der Waals surface area contributed by atoms with Crippen LogP contribution in [0.1, 0.15) is 24.0 Å². The van der Waals surface area contributed by atoms with Gasteiger partial charge in [-0.15, -0.1) is 0 Å². The zero-order valence-electron chi connectivity index (χ0n) is 14.5. The van der Waals surface area contributed by atoms with Crippen LogP contribution in [0.25, 0.3) is 5.76 Å². The number of amides is 1.